The number of allylic oxidation sites excluding steroid dienone is 1. The van der Waals surface area contributed by atoms with Crippen molar-refractivity contribution in [3.63, 3.8) is 0 Å². The van der Waals surface area contributed by atoms with E-state index in [1.165, 1.54) is 4.90 Å². The van der Waals surface area contributed by atoms with Gasteiger partial charge in [0.2, 0.25) is 17.7 Å². The molecule has 0 aromatic carbocycles. The number of aliphatic hydroxyl groups is 1. The fraction of sp³-hybridized carbons (Fsp3) is 0.758. The number of cyclic esters (lactones) is 1. The van der Waals surface area contributed by atoms with Gasteiger partial charge in [0.05, 0.1) is 25.1 Å². The normalized spacial score (nSPS) is 33.3. The smallest absolute Gasteiger partial charge is 0.313 e. The number of ether oxygens (including phenoxy) is 2. The summed E-state index contributed by atoms with van der Waals surface area (Å²) in [6.45, 7) is 16.2. The molecule has 3 amide bonds. The summed E-state index contributed by atoms with van der Waals surface area (Å²) < 4.78 is 13.0. The van der Waals surface area contributed by atoms with Gasteiger partial charge < -0.3 is 29.7 Å². The Morgan fingerprint density at radius 3 is 2.41 bits per heavy atom. The fourth-order valence-electron chi connectivity index (χ4n) is 7.77. The monoisotopic (exact) mass is 679 g/mol. The molecule has 11 heteroatoms. The Morgan fingerprint density at radius 1 is 1.11 bits per heavy atom. The van der Waals surface area contributed by atoms with Gasteiger partial charge in [-0.25, -0.2) is 0 Å². The Morgan fingerprint density at radius 2 is 1.80 bits per heavy atom. The lowest BCUT2D eigenvalue weighted by atomic mass is 9.74. The van der Waals surface area contributed by atoms with Crippen LogP contribution in [-0.2, 0) is 28.7 Å². The Bertz CT molecular complexity index is 1210. The van der Waals surface area contributed by atoms with Gasteiger partial charge in [-0.1, -0.05) is 62.7 Å². The molecule has 0 unspecified atom stereocenters. The summed E-state index contributed by atoms with van der Waals surface area (Å²) in [7, 11) is 0. The molecule has 0 radical (unpaired) electrons. The molecular formula is C33H50BrN3O7. The van der Waals surface area contributed by atoms with Crippen LogP contribution in [0.3, 0.4) is 0 Å². The Hall–Kier alpha value is -2.24. The van der Waals surface area contributed by atoms with Crippen LogP contribution in [0.4, 0.5) is 0 Å². The minimum Gasteiger partial charge on any atom is -0.460 e. The van der Waals surface area contributed by atoms with Crippen molar-refractivity contribution in [3.8, 4) is 0 Å². The highest BCUT2D eigenvalue weighted by Gasteiger charge is 2.75. The van der Waals surface area contributed by atoms with E-state index in [1.807, 2.05) is 39.8 Å². The zero-order valence-corrected chi connectivity index (χ0v) is 29.0. The zero-order chi connectivity index (χ0) is 32.8. The number of hydrogen-bond donors (Lipinski definition) is 2. The maximum Gasteiger partial charge on any atom is 0.313 e. The first-order valence-electron chi connectivity index (χ1n) is 15.9. The number of carbonyl (C=O) groups is 4. The number of carbonyl (C=O) groups excluding carboxylic acids is 4. The summed E-state index contributed by atoms with van der Waals surface area (Å²) in [5.74, 6) is -3.34. The minimum atomic E-state index is -1.42. The van der Waals surface area contributed by atoms with Crippen LogP contribution in [0.1, 0.15) is 81.1 Å². The predicted molar refractivity (Wildman–Crippen MR) is 169 cm³/mol. The lowest BCUT2D eigenvalue weighted by molar-refractivity contribution is -0.160. The van der Waals surface area contributed by atoms with Gasteiger partial charge in [0.25, 0.3) is 0 Å². The Labute approximate surface area is 270 Å². The zero-order valence-electron chi connectivity index (χ0n) is 27.4. The van der Waals surface area contributed by atoms with Crippen LogP contribution in [0.5, 0.6) is 0 Å². The van der Waals surface area contributed by atoms with Crippen molar-refractivity contribution < 1.29 is 33.8 Å². The number of aliphatic hydroxyl groups excluding tert-OH is 1. The molecule has 4 heterocycles. The molecule has 7 atom stereocenters. The highest BCUT2D eigenvalue weighted by molar-refractivity contribution is 9.11. The molecule has 4 rings (SSSR count). The second kappa shape index (κ2) is 12.9. The van der Waals surface area contributed by atoms with E-state index in [-0.39, 0.29) is 49.3 Å². The summed E-state index contributed by atoms with van der Waals surface area (Å²) in [6, 6.07) is -1.75. The standard InChI is InChI=1S/C33H50BrN3O7/c1-19(2)14-21(17-38)37-27-29(41)36(32(7,8)18-31(4,5)6)13-11-9-10-12-23(39)35-16-20(3)43-30(42)24-25(28(37)40)33(27)15-22(34)26(24)44-33/h9,11,15,19-21,24-27,38H,10,12-14,16-18H2,1-8H3,(H,35,39)/b11-9-/t20-,21+,24+,25-,26+,27+,33-/m0/s1. The highest BCUT2D eigenvalue weighted by atomic mass is 79.9. The molecule has 5 bridgehead atoms. The molecule has 4 aliphatic rings. The van der Waals surface area contributed by atoms with Crippen molar-refractivity contribution in [2.45, 2.75) is 117 Å². The predicted octanol–water partition coefficient (Wildman–Crippen LogP) is 3.71. The molecule has 2 fully saturated rings. The molecule has 10 nitrogen and oxygen atoms in total. The number of amides is 3. The molecule has 4 aliphatic heterocycles. The average Bonchev–Trinajstić information content (AvgIpc) is 3.49. The number of halogens is 1. The lowest BCUT2D eigenvalue weighted by Crippen LogP contribution is -2.62. The second-order valence-corrected chi connectivity index (χ2v) is 16.0. The van der Waals surface area contributed by atoms with E-state index in [9.17, 15) is 19.5 Å². The molecule has 0 aromatic heterocycles. The van der Waals surface area contributed by atoms with Gasteiger partial charge in [-0.15, -0.1) is 0 Å². The van der Waals surface area contributed by atoms with Crippen LogP contribution >= 0.6 is 15.9 Å². The number of nitrogens with zero attached hydrogens (tertiary/aromatic N) is 2. The average molecular weight is 681 g/mol. The maximum atomic E-state index is 15.1. The van der Waals surface area contributed by atoms with Crippen molar-refractivity contribution >= 4 is 39.6 Å². The van der Waals surface area contributed by atoms with E-state index in [4.69, 9.17) is 9.47 Å². The molecule has 2 saturated heterocycles. The van der Waals surface area contributed by atoms with Gasteiger partial charge in [-0.2, -0.15) is 0 Å². The maximum absolute atomic E-state index is 15.1. The minimum absolute atomic E-state index is 0.118. The molecule has 0 saturated carbocycles. The Kier molecular flexibility index (Phi) is 10.1. The summed E-state index contributed by atoms with van der Waals surface area (Å²) in [5, 5.41) is 13.4. The van der Waals surface area contributed by atoms with Crippen molar-refractivity contribution in [1.29, 1.82) is 0 Å². The third kappa shape index (κ3) is 6.65. The van der Waals surface area contributed by atoms with Crippen molar-refractivity contribution in [2.75, 3.05) is 19.7 Å². The van der Waals surface area contributed by atoms with Crippen molar-refractivity contribution in [2.24, 2.45) is 23.2 Å². The van der Waals surface area contributed by atoms with Crippen LogP contribution in [0, 0.1) is 23.2 Å². The van der Waals surface area contributed by atoms with E-state index >= 15 is 4.79 Å². The van der Waals surface area contributed by atoms with Gasteiger partial charge in [-0.3, -0.25) is 19.2 Å². The topological polar surface area (TPSA) is 125 Å². The van der Waals surface area contributed by atoms with Crippen molar-refractivity contribution in [3.05, 3.63) is 22.7 Å². The number of rotatable bonds is 6. The van der Waals surface area contributed by atoms with E-state index < -0.39 is 59.1 Å². The molecule has 1 spiro atoms. The van der Waals surface area contributed by atoms with Crippen LogP contribution < -0.4 is 5.32 Å². The third-order valence-corrected chi connectivity index (χ3v) is 9.75. The van der Waals surface area contributed by atoms with Crippen molar-refractivity contribution in [1.82, 2.24) is 15.1 Å². The third-order valence-electron chi connectivity index (χ3n) is 9.07. The molecule has 0 aromatic rings. The van der Waals surface area contributed by atoms with E-state index in [0.717, 1.165) is 0 Å². The SMILES string of the molecule is CC(C)C[C@H](CO)N1C(=O)[C@@H]2[C@H]3C(=O)O[C@@H](C)CNC(=O)CC/C=C\CN(C(C)(C)CC(C)(C)C)C(=O)[C@@H]1[C@]21C=C(Br)[C@H]3O1. The van der Waals surface area contributed by atoms with Crippen LogP contribution in [-0.4, -0.2) is 93.7 Å². The molecule has 2 N–H and O–H groups in total. The quantitative estimate of drug-likeness (QED) is 0.324. The van der Waals surface area contributed by atoms with Crippen LogP contribution in [0.15, 0.2) is 22.7 Å². The van der Waals surface area contributed by atoms with Gasteiger partial charge in [0.1, 0.15) is 29.8 Å². The molecule has 44 heavy (non-hydrogen) atoms. The first kappa shape index (κ1) is 34.6. The first-order valence-corrected chi connectivity index (χ1v) is 16.7. The first-order chi connectivity index (χ1) is 20.4. The van der Waals surface area contributed by atoms with E-state index in [2.05, 4.69) is 42.0 Å². The van der Waals surface area contributed by atoms with Crippen LogP contribution in [0.25, 0.3) is 0 Å². The number of hydrogen-bond acceptors (Lipinski definition) is 7. The van der Waals surface area contributed by atoms with Crippen LogP contribution in [0.2, 0.25) is 0 Å². The van der Waals surface area contributed by atoms with Gasteiger partial charge in [0, 0.05) is 23.0 Å². The van der Waals surface area contributed by atoms with Gasteiger partial charge in [0.15, 0.2) is 0 Å². The van der Waals surface area contributed by atoms with E-state index in [0.29, 0.717) is 23.7 Å². The van der Waals surface area contributed by atoms with Gasteiger partial charge in [-0.05, 0) is 57.4 Å². The number of nitrogens with one attached hydrogen (secondary N) is 1. The number of esters is 1. The second-order valence-electron chi connectivity index (χ2n) is 15.1. The Balaban J connectivity index is 1.90. The summed E-state index contributed by atoms with van der Waals surface area (Å²) >= 11 is 3.58. The molecule has 246 valence electrons. The number of fused-ring (bicyclic) bond motifs is 2. The number of likely N-dealkylation sites (tertiary alicyclic amines) is 1. The van der Waals surface area contributed by atoms with E-state index in [1.54, 1.807) is 17.9 Å². The lowest BCUT2D eigenvalue weighted by Gasteiger charge is -2.46. The highest BCUT2D eigenvalue weighted by Crippen LogP contribution is 2.59. The summed E-state index contributed by atoms with van der Waals surface area (Å²) in [6.07, 6.45) is 6.04. The summed E-state index contributed by atoms with van der Waals surface area (Å²) in [4.78, 5) is 59.2. The molecular weight excluding hydrogens is 630 g/mol. The molecule has 0 aliphatic carbocycles. The largest absolute Gasteiger partial charge is 0.460 e. The summed E-state index contributed by atoms with van der Waals surface area (Å²) in [5.41, 5.74) is -2.18. The van der Waals surface area contributed by atoms with Gasteiger partial charge >= 0.3 is 5.97 Å². The fourth-order valence-corrected chi connectivity index (χ4v) is 8.51.